The first-order chi connectivity index (χ1) is 9.90. The van der Waals surface area contributed by atoms with Crippen LogP contribution in [0.2, 0.25) is 5.02 Å². The van der Waals surface area contributed by atoms with Crippen LogP contribution in [0.1, 0.15) is 25.8 Å². The molecule has 1 N–H and O–H groups in total. The molecule has 0 bridgehead atoms. The predicted octanol–water partition coefficient (Wildman–Crippen LogP) is 2.29. The number of benzene rings is 1. The Morgan fingerprint density at radius 1 is 1.38 bits per heavy atom. The van der Waals surface area contributed by atoms with Gasteiger partial charge in [0.1, 0.15) is 17.8 Å². The highest BCUT2D eigenvalue weighted by Gasteiger charge is 2.39. The summed E-state index contributed by atoms with van der Waals surface area (Å²) in [6.45, 7) is 5.41. The minimum atomic E-state index is -0.588. The fourth-order valence-corrected chi connectivity index (χ4v) is 2.59. The van der Waals surface area contributed by atoms with Gasteiger partial charge in [0.2, 0.25) is 11.8 Å². The molecule has 1 heterocycles. The standard InChI is InChI=1S/C15H19ClN2O3/c1-5-11-15(20)18(9(3)14(19)17-11)12-6-8(2)10(16)7-13(12)21-4/h6-7,9,11H,5H2,1-4H3,(H,17,19). The topological polar surface area (TPSA) is 58.6 Å². The number of methoxy groups -OCH3 is 1. The van der Waals surface area contributed by atoms with Crippen LogP contribution in [0.15, 0.2) is 12.1 Å². The van der Waals surface area contributed by atoms with E-state index in [1.54, 1.807) is 19.1 Å². The molecule has 2 rings (SSSR count). The molecule has 1 aliphatic heterocycles. The second-order valence-corrected chi connectivity index (χ2v) is 5.53. The average Bonchev–Trinajstić information content (AvgIpc) is 2.46. The maximum atomic E-state index is 12.6. The van der Waals surface area contributed by atoms with Gasteiger partial charge in [-0.15, -0.1) is 0 Å². The first-order valence-corrected chi connectivity index (χ1v) is 7.26. The number of aryl methyl sites for hydroxylation is 1. The van der Waals surface area contributed by atoms with E-state index < -0.39 is 12.1 Å². The summed E-state index contributed by atoms with van der Waals surface area (Å²) in [6.07, 6.45) is 0.544. The van der Waals surface area contributed by atoms with Crippen molar-refractivity contribution in [2.24, 2.45) is 0 Å². The maximum absolute atomic E-state index is 12.6. The van der Waals surface area contributed by atoms with Gasteiger partial charge in [-0.3, -0.25) is 14.5 Å². The van der Waals surface area contributed by atoms with Gasteiger partial charge in [0.25, 0.3) is 0 Å². The quantitative estimate of drug-likeness (QED) is 0.932. The Hall–Kier alpha value is -1.75. The molecule has 2 unspecified atom stereocenters. The molecule has 0 saturated carbocycles. The third-order valence-electron chi connectivity index (χ3n) is 3.75. The van der Waals surface area contributed by atoms with Crippen LogP contribution in [-0.4, -0.2) is 31.0 Å². The first kappa shape index (κ1) is 15.6. The molecule has 2 amide bonds. The number of nitrogens with one attached hydrogen (secondary N) is 1. The van der Waals surface area contributed by atoms with Crippen LogP contribution in [0.25, 0.3) is 0 Å². The first-order valence-electron chi connectivity index (χ1n) is 6.88. The molecule has 2 atom stereocenters. The molecule has 114 valence electrons. The van der Waals surface area contributed by atoms with E-state index in [0.717, 1.165) is 5.56 Å². The van der Waals surface area contributed by atoms with Gasteiger partial charge in [0.05, 0.1) is 12.8 Å². The number of hydrogen-bond acceptors (Lipinski definition) is 3. The molecule has 21 heavy (non-hydrogen) atoms. The van der Waals surface area contributed by atoms with Gasteiger partial charge in [-0.25, -0.2) is 0 Å². The fourth-order valence-electron chi connectivity index (χ4n) is 2.43. The lowest BCUT2D eigenvalue weighted by Crippen LogP contribution is -2.62. The number of halogens is 1. The third kappa shape index (κ3) is 2.70. The molecule has 0 spiro atoms. The van der Waals surface area contributed by atoms with Crippen molar-refractivity contribution in [1.82, 2.24) is 5.32 Å². The maximum Gasteiger partial charge on any atom is 0.250 e. The highest BCUT2D eigenvalue weighted by Crippen LogP contribution is 2.36. The van der Waals surface area contributed by atoms with E-state index in [1.165, 1.54) is 12.0 Å². The predicted molar refractivity (Wildman–Crippen MR) is 81.9 cm³/mol. The fraction of sp³-hybridized carbons (Fsp3) is 0.467. The van der Waals surface area contributed by atoms with Crippen LogP contribution in [0, 0.1) is 6.92 Å². The number of ether oxygens (including phenoxy) is 1. The summed E-state index contributed by atoms with van der Waals surface area (Å²) in [4.78, 5) is 26.2. The second kappa shape index (κ2) is 5.93. The lowest BCUT2D eigenvalue weighted by molar-refractivity contribution is -0.133. The molecule has 0 aliphatic carbocycles. The number of carbonyl (C=O) groups excluding carboxylic acids is 2. The van der Waals surface area contributed by atoms with Crippen LogP contribution in [0.4, 0.5) is 5.69 Å². The van der Waals surface area contributed by atoms with Crippen LogP contribution in [0.3, 0.4) is 0 Å². The lowest BCUT2D eigenvalue weighted by Gasteiger charge is -2.37. The summed E-state index contributed by atoms with van der Waals surface area (Å²) in [6, 6.07) is 2.35. The zero-order valence-electron chi connectivity index (χ0n) is 12.6. The van der Waals surface area contributed by atoms with E-state index in [2.05, 4.69) is 5.32 Å². The van der Waals surface area contributed by atoms with E-state index in [-0.39, 0.29) is 11.8 Å². The van der Waals surface area contributed by atoms with Crippen molar-refractivity contribution in [2.75, 3.05) is 12.0 Å². The number of amides is 2. The molecule has 1 aliphatic rings. The Kier molecular flexibility index (Phi) is 4.42. The Bertz CT molecular complexity index is 589. The van der Waals surface area contributed by atoms with Crippen LogP contribution in [0.5, 0.6) is 5.75 Å². The number of anilines is 1. The summed E-state index contributed by atoms with van der Waals surface area (Å²) >= 11 is 6.10. The third-order valence-corrected chi connectivity index (χ3v) is 4.15. The van der Waals surface area contributed by atoms with Crippen molar-refractivity contribution in [3.8, 4) is 5.75 Å². The van der Waals surface area contributed by atoms with Gasteiger partial charge in [-0.05, 0) is 31.9 Å². The number of hydrogen-bond donors (Lipinski definition) is 1. The Balaban J connectivity index is 2.54. The van der Waals surface area contributed by atoms with Crippen LogP contribution >= 0.6 is 11.6 Å². The molecule has 0 aromatic heterocycles. The van der Waals surface area contributed by atoms with Gasteiger partial charge in [0.15, 0.2) is 0 Å². The molecule has 5 nitrogen and oxygen atoms in total. The zero-order chi connectivity index (χ0) is 15.7. The highest BCUT2D eigenvalue weighted by atomic mass is 35.5. The van der Waals surface area contributed by atoms with Gasteiger partial charge >= 0.3 is 0 Å². The van der Waals surface area contributed by atoms with Crippen molar-refractivity contribution in [3.63, 3.8) is 0 Å². The summed E-state index contributed by atoms with van der Waals surface area (Å²) in [5.74, 6) is 0.177. The van der Waals surface area contributed by atoms with E-state index in [9.17, 15) is 9.59 Å². The van der Waals surface area contributed by atoms with Crippen LogP contribution in [-0.2, 0) is 9.59 Å². The SMILES string of the molecule is CCC1NC(=O)C(C)N(c2cc(C)c(Cl)cc2OC)C1=O. The summed E-state index contributed by atoms with van der Waals surface area (Å²) in [5.41, 5.74) is 1.40. The molecule has 6 heteroatoms. The van der Waals surface area contributed by atoms with Crippen molar-refractivity contribution < 1.29 is 14.3 Å². The minimum absolute atomic E-state index is 0.135. The molecule has 1 saturated heterocycles. The van der Waals surface area contributed by atoms with Gasteiger partial charge < -0.3 is 10.1 Å². The van der Waals surface area contributed by atoms with Crippen molar-refractivity contribution in [3.05, 3.63) is 22.7 Å². The Morgan fingerprint density at radius 3 is 2.62 bits per heavy atom. The summed E-state index contributed by atoms with van der Waals surface area (Å²) in [7, 11) is 1.51. The zero-order valence-corrected chi connectivity index (χ0v) is 13.3. The van der Waals surface area contributed by atoms with Crippen LogP contribution < -0.4 is 15.0 Å². The van der Waals surface area contributed by atoms with Crippen molar-refractivity contribution in [1.29, 1.82) is 0 Å². The second-order valence-electron chi connectivity index (χ2n) is 5.13. The molecular weight excluding hydrogens is 292 g/mol. The summed E-state index contributed by atoms with van der Waals surface area (Å²) < 4.78 is 5.33. The minimum Gasteiger partial charge on any atom is -0.495 e. The van der Waals surface area contributed by atoms with E-state index >= 15 is 0 Å². The van der Waals surface area contributed by atoms with Crippen molar-refractivity contribution in [2.45, 2.75) is 39.3 Å². The average molecular weight is 311 g/mol. The number of carbonyl (C=O) groups is 2. The van der Waals surface area contributed by atoms with Gasteiger partial charge in [-0.2, -0.15) is 0 Å². The number of nitrogens with zero attached hydrogens (tertiary/aromatic N) is 1. The molecular formula is C15H19ClN2O3. The molecule has 1 aromatic rings. The molecule has 0 radical (unpaired) electrons. The normalized spacial score (nSPS) is 22.2. The monoisotopic (exact) mass is 310 g/mol. The largest absolute Gasteiger partial charge is 0.495 e. The van der Waals surface area contributed by atoms with Gasteiger partial charge in [-0.1, -0.05) is 18.5 Å². The van der Waals surface area contributed by atoms with E-state index in [1.807, 2.05) is 13.8 Å². The van der Waals surface area contributed by atoms with Crippen molar-refractivity contribution >= 4 is 29.1 Å². The number of piperazine rings is 1. The van der Waals surface area contributed by atoms with E-state index in [0.29, 0.717) is 22.9 Å². The summed E-state index contributed by atoms with van der Waals surface area (Å²) in [5, 5.41) is 3.29. The number of rotatable bonds is 3. The Labute approximate surface area is 129 Å². The molecule has 1 aromatic carbocycles. The van der Waals surface area contributed by atoms with E-state index in [4.69, 9.17) is 16.3 Å². The lowest BCUT2D eigenvalue weighted by atomic mass is 10.0. The van der Waals surface area contributed by atoms with Gasteiger partial charge in [0, 0.05) is 11.1 Å². The molecule has 1 fully saturated rings. The highest BCUT2D eigenvalue weighted by molar-refractivity contribution is 6.31. The Morgan fingerprint density at radius 2 is 2.05 bits per heavy atom. The smallest absolute Gasteiger partial charge is 0.250 e.